The fourth-order valence-corrected chi connectivity index (χ4v) is 2.96. The first-order valence-corrected chi connectivity index (χ1v) is 8.25. The number of ether oxygens (including phenoxy) is 1. The molecule has 1 aliphatic rings. The molecule has 0 saturated heterocycles. The van der Waals surface area contributed by atoms with Gasteiger partial charge in [-0.2, -0.15) is 0 Å². The molecule has 2 heteroatoms. The Labute approximate surface area is 123 Å². The maximum absolute atomic E-state index is 6.25. The van der Waals surface area contributed by atoms with Gasteiger partial charge in [-0.3, -0.25) is 0 Å². The van der Waals surface area contributed by atoms with E-state index in [4.69, 9.17) is 10.5 Å². The first-order valence-electron chi connectivity index (χ1n) is 8.25. The summed E-state index contributed by atoms with van der Waals surface area (Å²) in [6, 6.07) is 8.72. The molecule has 2 nitrogen and oxygen atoms in total. The van der Waals surface area contributed by atoms with E-state index in [1.165, 1.54) is 56.1 Å². The molecule has 1 saturated carbocycles. The lowest BCUT2D eigenvalue weighted by molar-refractivity contribution is 0.0345. The predicted octanol–water partition coefficient (Wildman–Crippen LogP) is 4.38. The van der Waals surface area contributed by atoms with Crippen molar-refractivity contribution in [3.05, 3.63) is 35.4 Å². The molecule has 0 spiro atoms. The molecule has 20 heavy (non-hydrogen) atoms. The van der Waals surface area contributed by atoms with E-state index < -0.39 is 0 Å². The summed E-state index contributed by atoms with van der Waals surface area (Å²) in [4.78, 5) is 0. The zero-order valence-electron chi connectivity index (χ0n) is 12.8. The summed E-state index contributed by atoms with van der Waals surface area (Å²) in [6.07, 6.45) is 10.5. The zero-order valence-corrected chi connectivity index (χ0v) is 12.8. The van der Waals surface area contributed by atoms with Gasteiger partial charge in [-0.15, -0.1) is 0 Å². The van der Waals surface area contributed by atoms with Crippen molar-refractivity contribution in [2.75, 3.05) is 6.61 Å². The van der Waals surface area contributed by atoms with Crippen LogP contribution in [0.5, 0.6) is 0 Å². The van der Waals surface area contributed by atoms with Crippen LogP contribution >= 0.6 is 0 Å². The highest BCUT2D eigenvalue weighted by molar-refractivity contribution is 5.25. The first-order chi connectivity index (χ1) is 9.79. The molecule has 1 fully saturated rings. The summed E-state index contributed by atoms with van der Waals surface area (Å²) in [5.41, 5.74) is 8.84. The number of rotatable bonds is 6. The quantitative estimate of drug-likeness (QED) is 0.782. The maximum atomic E-state index is 6.25. The van der Waals surface area contributed by atoms with Crippen LogP contribution in [-0.2, 0) is 11.2 Å². The minimum absolute atomic E-state index is 0.00827. The monoisotopic (exact) mass is 275 g/mol. The highest BCUT2D eigenvalue weighted by Crippen LogP contribution is 2.21. The molecular weight excluding hydrogens is 246 g/mol. The molecule has 0 radical (unpaired) electrons. The van der Waals surface area contributed by atoms with Crippen molar-refractivity contribution >= 4 is 0 Å². The molecule has 1 aromatic carbocycles. The van der Waals surface area contributed by atoms with Crippen LogP contribution in [0.25, 0.3) is 0 Å². The smallest absolute Gasteiger partial charge is 0.0663 e. The van der Waals surface area contributed by atoms with Gasteiger partial charge in [0.2, 0.25) is 0 Å². The van der Waals surface area contributed by atoms with E-state index in [2.05, 4.69) is 31.2 Å². The van der Waals surface area contributed by atoms with E-state index in [9.17, 15) is 0 Å². The van der Waals surface area contributed by atoms with E-state index in [0.717, 1.165) is 6.42 Å². The van der Waals surface area contributed by atoms with Crippen molar-refractivity contribution in [3.63, 3.8) is 0 Å². The second-order valence-corrected chi connectivity index (χ2v) is 6.04. The van der Waals surface area contributed by atoms with Crippen molar-refractivity contribution in [1.82, 2.24) is 0 Å². The highest BCUT2D eigenvalue weighted by atomic mass is 16.5. The van der Waals surface area contributed by atoms with Crippen LogP contribution in [0, 0.1) is 0 Å². The molecule has 0 bridgehead atoms. The number of benzene rings is 1. The normalized spacial score (nSPS) is 18.7. The molecule has 1 unspecified atom stereocenters. The van der Waals surface area contributed by atoms with Gasteiger partial charge in [0.1, 0.15) is 0 Å². The number of nitrogens with two attached hydrogens (primary N) is 1. The van der Waals surface area contributed by atoms with Crippen LogP contribution in [0.15, 0.2) is 24.3 Å². The molecule has 0 aromatic heterocycles. The van der Waals surface area contributed by atoms with Crippen LogP contribution in [0.4, 0.5) is 0 Å². The summed E-state index contributed by atoms with van der Waals surface area (Å²) < 4.78 is 6.03. The van der Waals surface area contributed by atoms with Gasteiger partial charge >= 0.3 is 0 Å². The molecule has 2 N–H and O–H groups in total. The summed E-state index contributed by atoms with van der Waals surface area (Å²) in [7, 11) is 0. The third-order valence-corrected chi connectivity index (χ3v) is 4.26. The number of aryl methyl sites for hydroxylation is 1. The van der Waals surface area contributed by atoms with Gasteiger partial charge < -0.3 is 10.5 Å². The largest absolute Gasteiger partial charge is 0.376 e. The van der Waals surface area contributed by atoms with Crippen molar-refractivity contribution < 1.29 is 4.74 Å². The summed E-state index contributed by atoms with van der Waals surface area (Å²) in [5.74, 6) is 0. The van der Waals surface area contributed by atoms with E-state index in [-0.39, 0.29) is 6.04 Å². The Kier molecular flexibility index (Phi) is 6.55. The molecule has 0 aliphatic heterocycles. The lowest BCUT2D eigenvalue weighted by atomic mass is 10.0. The van der Waals surface area contributed by atoms with Gasteiger partial charge in [0.25, 0.3) is 0 Å². The Bertz CT molecular complexity index is 366. The van der Waals surface area contributed by atoms with Crippen molar-refractivity contribution in [2.24, 2.45) is 5.73 Å². The lowest BCUT2D eigenvalue weighted by Crippen LogP contribution is -2.22. The molecule has 2 rings (SSSR count). The van der Waals surface area contributed by atoms with Crippen LogP contribution in [0.3, 0.4) is 0 Å². The van der Waals surface area contributed by atoms with Crippen molar-refractivity contribution in [2.45, 2.75) is 70.4 Å². The van der Waals surface area contributed by atoms with E-state index in [0.29, 0.717) is 12.7 Å². The van der Waals surface area contributed by atoms with Gasteiger partial charge in [0.05, 0.1) is 18.8 Å². The Morgan fingerprint density at radius 1 is 1.10 bits per heavy atom. The number of hydrogen-bond acceptors (Lipinski definition) is 2. The fourth-order valence-electron chi connectivity index (χ4n) is 2.96. The van der Waals surface area contributed by atoms with Crippen LogP contribution in [0.1, 0.15) is 69.0 Å². The summed E-state index contributed by atoms with van der Waals surface area (Å²) >= 11 is 0. The van der Waals surface area contributed by atoms with Crippen molar-refractivity contribution in [1.29, 1.82) is 0 Å². The molecule has 0 amide bonds. The average molecular weight is 275 g/mol. The molecular formula is C18H29NO. The Balaban J connectivity index is 1.79. The standard InChI is InChI=1S/C18H29NO/c1-2-7-15-10-12-16(13-11-15)18(19)14-20-17-8-5-3-4-6-9-17/h10-13,17-18H,2-9,14,19H2,1H3. The summed E-state index contributed by atoms with van der Waals surface area (Å²) in [5, 5.41) is 0. The highest BCUT2D eigenvalue weighted by Gasteiger charge is 2.14. The molecule has 112 valence electrons. The minimum Gasteiger partial charge on any atom is -0.376 e. The molecule has 0 heterocycles. The van der Waals surface area contributed by atoms with Gasteiger partial charge in [0, 0.05) is 0 Å². The van der Waals surface area contributed by atoms with Gasteiger partial charge in [0.15, 0.2) is 0 Å². The predicted molar refractivity (Wildman–Crippen MR) is 84.8 cm³/mol. The summed E-state index contributed by atoms with van der Waals surface area (Å²) in [6.45, 7) is 2.86. The molecule has 1 aliphatic carbocycles. The number of hydrogen-bond donors (Lipinski definition) is 1. The topological polar surface area (TPSA) is 35.2 Å². The second-order valence-electron chi connectivity index (χ2n) is 6.04. The van der Waals surface area contributed by atoms with E-state index in [1.807, 2.05) is 0 Å². The van der Waals surface area contributed by atoms with Gasteiger partial charge in [-0.25, -0.2) is 0 Å². The average Bonchev–Trinajstić information content (AvgIpc) is 2.74. The van der Waals surface area contributed by atoms with Gasteiger partial charge in [-0.05, 0) is 30.4 Å². The Morgan fingerprint density at radius 3 is 2.35 bits per heavy atom. The van der Waals surface area contributed by atoms with Gasteiger partial charge in [-0.1, -0.05) is 63.3 Å². The van der Waals surface area contributed by atoms with Crippen LogP contribution in [0.2, 0.25) is 0 Å². The van der Waals surface area contributed by atoms with Crippen LogP contribution in [-0.4, -0.2) is 12.7 Å². The fraction of sp³-hybridized carbons (Fsp3) is 0.667. The van der Waals surface area contributed by atoms with E-state index in [1.54, 1.807) is 0 Å². The minimum atomic E-state index is 0.00827. The zero-order chi connectivity index (χ0) is 14.2. The lowest BCUT2D eigenvalue weighted by Gasteiger charge is -2.19. The Morgan fingerprint density at radius 2 is 1.75 bits per heavy atom. The molecule has 1 atom stereocenters. The van der Waals surface area contributed by atoms with E-state index >= 15 is 0 Å². The molecule has 1 aromatic rings. The Hall–Kier alpha value is -0.860. The first kappa shape index (κ1) is 15.5. The van der Waals surface area contributed by atoms with Crippen molar-refractivity contribution in [3.8, 4) is 0 Å². The third kappa shape index (κ3) is 4.92. The third-order valence-electron chi connectivity index (χ3n) is 4.26. The second kappa shape index (κ2) is 8.43. The maximum Gasteiger partial charge on any atom is 0.0663 e. The van der Waals surface area contributed by atoms with Crippen LogP contribution < -0.4 is 5.73 Å². The SMILES string of the molecule is CCCc1ccc(C(N)COC2CCCCCC2)cc1.